The average Bonchev–Trinajstić information content (AvgIpc) is 2.82. The number of carbonyl (C=O) groups excluding carboxylic acids is 1. The van der Waals surface area contributed by atoms with E-state index in [1.54, 1.807) is 16.6 Å². The van der Waals surface area contributed by atoms with Gasteiger partial charge >= 0.3 is 6.03 Å². The molecule has 2 rings (SSSR count). The molecule has 0 unspecified atom stereocenters. The van der Waals surface area contributed by atoms with Gasteiger partial charge in [0.15, 0.2) is 0 Å². The van der Waals surface area contributed by atoms with E-state index in [0.29, 0.717) is 12.4 Å². The molecule has 0 radical (unpaired) electrons. The molecule has 6 nitrogen and oxygen atoms in total. The fourth-order valence-corrected chi connectivity index (χ4v) is 2.14. The molecule has 0 fully saturated rings. The largest absolute Gasteiger partial charge is 0.385 e. The van der Waals surface area contributed by atoms with E-state index >= 15 is 0 Å². The summed E-state index contributed by atoms with van der Waals surface area (Å²) in [4.78, 5) is 13.8. The van der Waals surface area contributed by atoms with E-state index in [9.17, 15) is 4.79 Å². The normalized spacial score (nSPS) is 10.3. The molecule has 0 bridgehead atoms. The predicted molar refractivity (Wildman–Crippen MR) is 89.1 cm³/mol. The van der Waals surface area contributed by atoms with Gasteiger partial charge in [-0.3, -0.25) is 10.00 Å². The molecule has 2 aromatic rings. The Morgan fingerprint density at radius 1 is 1.32 bits per heavy atom. The second-order valence-electron chi connectivity index (χ2n) is 5.29. The van der Waals surface area contributed by atoms with E-state index in [1.165, 1.54) is 0 Å². The lowest BCUT2D eigenvalue weighted by Gasteiger charge is -2.18. The molecule has 118 valence electrons. The summed E-state index contributed by atoms with van der Waals surface area (Å²) in [6, 6.07) is 11.8. The van der Waals surface area contributed by atoms with Gasteiger partial charge in [-0.1, -0.05) is 18.2 Å². The number of urea groups is 1. The third-order valence-electron chi connectivity index (χ3n) is 3.36. The molecule has 0 aliphatic heterocycles. The Labute approximate surface area is 131 Å². The Balaban J connectivity index is 1.71. The predicted octanol–water partition coefficient (Wildman–Crippen LogP) is 2.69. The number of nitrogens with one attached hydrogen (secondary N) is 2. The highest BCUT2D eigenvalue weighted by Crippen LogP contribution is 2.09. The van der Waals surface area contributed by atoms with Gasteiger partial charge in [-0.25, -0.2) is 4.79 Å². The molecule has 0 saturated carbocycles. The van der Waals surface area contributed by atoms with Crippen LogP contribution in [0.4, 0.5) is 16.3 Å². The summed E-state index contributed by atoms with van der Waals surface area (Å²) in [5.41, 5.74) is 1.98. The summed E-state index contributed by atoms with van der Waals surface area (Å²) in [5, 5.41) is 10.4. The van der Waals surface area contributed by atoms with Crippen LogP contribution >= 0.6 is 0 Å². The van der Waals surface area contributed by atoms with Crippen LogP contribution in [0.3, 0.4) is 0 Å². The van der Waals surface area contributed by atoms with Crippen molar-refractivity contribution in [2.24, 2.45) is 7.05 Å². The minimum absolute atomic E-state index is 0.122. The van der Waals surface area contributed by atoms with Crippen molar-refractivity contribution in [1.82, 2.24) is 14.7 Å². The van der Waals surface area contributed by atoms with E-state index in [1.807, 2.05) is 50.4 Å². The molecule has 0 aliphatic rings. The Kier molecular flexibility index (Phi) is 5.41. The monoisotopic (exact) mass is 301 g/mol. The van der Waals surface area contributed by atoms with Gasteiger partial charge in [0.2, 0.25) is 0 Å². The van der Waals surface area contributed by atoms with Crippen LogP contribution < -0.4 is 10.6 Å². The lowest BCUT2D eigenvalue weighted by atomic mass is 10.3. The molecule has 0 saturated heterocycles. The second kappa shape index (κ2) is 7.49. The van der Waals surface area contributed by atoms with Crippen molar-refractivity contribution in [1.29, 1.82) is 0 Å². The summed E-state index contributed by atoms with van der Waals surface area (Å²) >= 11 is 0. The Morgan fingerprint density at radius 3 is 2.68 bits per heavy atom. The van der Waals surface area contributed by atoms with Crippen LogP contribution in [0.1, 0.15) is 12.1 Å². The van der Waals surface area contributed by atoms with Gasteiger partial charge in [0.05, 0.1) is 5.69 Å². The van der Waals surface area contributed by atoms with E-state index < -0.39 is 0 Å². The number of hydrogen-bond acceptors (Lipinski definition) is 3. The van der Waals surface area contributed by atoms with Crippen LogP contribution in [0.5, 0.6) is 0 Å². The third kappa shape index (κ3) is 4.51. The van der Waals surface area contributed by atoms with Crippen molar-refractivity contribution >= 4 is 17.5 Å². The maximum absolute atomic E-state index is 12.1. The summed E-state index contributed by atoms with van der Waals surface area (Å²) in [5.74, 6) is 0.705. The van der Waals surface area contributed by atoms with Crippen molar-refractivity contribution in [3.05, 3.63) is 42.1 Å². The maximum atomic E-state index is 12.1. The molecule has 0 aliphatic carbocycles. The van der Waals surface area contributed by atoms with E-state index in [2.05, 4.69) is 15.7 Å². The first-order valence-corrected chi connectivity index (χ1v) is 7.38. The highest BCUT2D eigenvalue weighted by molar-refractivity contribution is 5.88. The Morgan fingerprint density at radius 2 is 2.05 bits per heavy atom. The number of aromatic nitrogens is 2. The standard InChI is InChI=1S/C16H23N5O/c1-13-12-15(21(3)19-13)18-16(22)20(2)11-7-10-17-14-8-5-4-6-9-14/h4-6,8-9,12,17H,7,10-11H2,1-3H3,(H,18,22). The fourth-order valence-electron chi connectivity index (χ4n) is 2.14. The van der Waals surface area contributed by atoms with Crippen LogP contribution in [0.15, 0.2) is 36.4 Å². The molecular formula is C16H23N5O. The second-order valence-corrected chi connectivity index (χ2v) is 5.29. The van der Waals surface area contributed by atoms with Crippen molar-refractivity contribution in [3.8, 4) is 0 Å². The first kappa shape index (κ1) is 15.9. The molecule has 6 heteroatoms. The molecular weight excluding hydrogens is 278 g/mol. The molecule has 2 amide bonds. The van der Waals surface area contributed by atoms with Gasteiger partial charge in [0.1, 0.15) is 5.82 Å². The van der Waals surface area contributed by atoms with Crippen LogP contribution in [0.25, 0.3) is 0 Å². The molecule has 1 aromatic carbocycles. The highest BCUT2D eigenvalue weighted by atomic mass is 16.2. The Hall–Kier alpha value is -2.50. The number of benzene rings is 1. The van der Waals surface area contributed by atoms with Gasteiger partial charge in [0.25, 0.3) is 0 Å². The number of rotatable bonds is 6. The zero-order valence-corrected chi connectivity index (χ0v) is 13.3. The number of nitrogens with zero attached hydrogens (tertiary/aromatic N) is 3. The van der Waals surface area contributed by atoms with Crippen molar-refractivity contribution in [2.45, 2.75) is 13.3 Å². The number of anilines is 2. The smallest absolute Gasteiger partial charge is 0.322 e. The van der Waals surface area contributed by atoms with Crippen molar-refractivity contribution in [3.63, 3.8) is 0 Å². The molecule has 0 spiro atoms. The summed E-state index contributed by atoms with van der Waals surface area (Å²) < 4.78 is 1.66. The number of amides is 2. The fraction of sp³-hybridized carbons (Fsp3) is 0.375. The summed E-state index contributed by atoms with van der Waals surface area (Å²) in [6.07, 6.45) is 0.878. The zero-order chi connectivity index (χ0) is 15.9. The van der Waals surface area contributed by atoms with Crippen LogP contribution in [-0.2, 0) is 7.05 Å². The summed E-state index contributed by atoms with van der Waals surface area (Å²) in [7, 11) is 3.60. The van der Waals surface area contributed by atoms with Gasteiger partial charge in [0, 0.05) is 38.9 Å². The number of aryl methyl sites for hydroxylation is 2. The van der Waals surface area contributed by atoms with E-state index in [0.717, 1.165) is 24.3 Å². The van der Waals surface area contributed by atoms with Gasteiger partial charge in [-0.15, -0.1) is 0 Å². The number of carbonyl (C=O) groups is 1. The number of para-hydroxylation sites is 1. The zero-order valence-electron chi connectivity index (χ0n) is 13.3. The maximum Gasteiger partial charge on any atom is 0.322 e. The average molecular weight is 301 g/mol. The minimum Gasteiger partial charge on any atom is -0.385 e. The van der Waals surface area contributed by atoms with Crippen LogP contribution in [0.2, 0.25) is 0 Å². The third-order valence-corrected chi connectivity index (χ3v) is 3.36. The van der Waals surface area contributed by atoms with Crippen molar-refractivity contribution in [2.75, 3.05) is 30.8 Å². The molecule has 0 atom stereocenters. The molecule has 2 N–H and O–H groups in total. The first-order valence-electron chi connectivity index (χ1n) is 7.38. The Bertz CT molecular complexity index is 608. The molecule has 1 heterocycles. The number of hydrogen-bond donors (Lipinski definition) is 2. The lowest BCUT2D eigenvalue weighted by molar-refractivity contribution is 0.222. The van der Waals surface area contributed by atoms with Crippen LogP contribution in [-0.4, -0.2) is 40.8 Å². The summed E-state index contributed by atoms with van der Waals surface area (Å²) in [6.45, 7) is 3.41. The first-order chi connectivity index (χ1) is 10.6. The van der Waals surface area contributed by atoms with Gasteiger partial charge in [-0.05, 0) is 25.5 Å². The lowest BCUT2D eigenvalue weighted by Crippen LogP contribution is -2.33. The van der Waals surface area contributed by atoms with E-state index in [4.69, 9.17) is 0 Å². The molecule has 22 heavy (non-hydrogen) atoms. The topological polar surface area (TPSA) is 62.2 Å². The van der Waals surface area contributed by atoms with Gasteiger partial charge in [-0.2, -0.15) is 5.10 Å². The highest BCUT2D eigenvalue weighted by Gasteiger charge is 2.11. The quantitative estimate of drug-likeness (QED) is 0.806. The molecule has 1 aromatic heterocycles. The van der Waals surface area contributed by atoms with Gasteiger partial charge < -0.3 is 10.2 Å². The van der Waals surface area contributed by atoms with Crippen LogP contribution in [0, 0.1) is 6.92 Å². The minimum atomic E-state index is -0.122. The van der Waals surface area contributed by atoms with E-state index in [-0.39, 0.29) is 6.03 Å². The van der Waals surface area contributed by atoms with Crippen molar-refractivity contribution < 1.29 is 4.79 Å². The SMILES string of the molecule is Cc1cc(NC(=O)N(C)CCCNc2ccccc2)n(C)n1.